The molecule has 0 atom stereocenters. The Morgan fingerprint density at radius 3 is 2.18 bits per heavy atom. The fourth-order valence-electron chi connectivity index (χ4n) is 1.70. The lowest BCUT2D eigenvalue weighted by atomic mass is 10.2. The summed E-state index contributed by atoms with van der Waals surface area (Å²) in [6.07, 6.45) is 0. The molecular weight excluding hydrogens is 310 g/mol. The molecule has 0 bridgehead atoms. The van der Waals surface area contributed by atoms with E-state index in [1.165, 1.54) is 24.3 Å². The Morgan fingerprint density at radius 2 is 1.68 bits per heavy atom. The number of hydrogen-bond acceptors (Lipinski definition) is 6. The Kier molecular flexibility index (Phi) is 4.59. The number of benzene rings is 2. The van der Waals surface area contributed by atoms with Crippen LogP contribution in [0.5, 0.6) is 5.75 Å². The maximum atomic E-state index is 10.8. The van der Waals surface area contributed by atoms with Crippen molar-refractivity contribution in [3.05, 3.63) is 64.2 Å². The lowest BCUT2D eigenvalue weighted by Gasteiger charge is -2.07. The van der Waals surface area contributed by atoms with Gasteiger partial charge in [-0.05, 0) is 29.8 Å². The molecule has 0 unspecified atom stereocenters. The summed E-state index contributed by atoms with van der Waals surface area (Å²) >= 11 is 0. The van der Waals surface area contributed by atoms with Crippen molar-refractivity contribution in [2.75, 3.05) is 5.32 Å². The van der Waals surface area contributed by atoms with E-state index in [2.05, 4.69) is 9.50 Å². The molecule has 0 aromatic heterocycles. The number of nitrogens with two attached hydrogens (primary N) is 1. The second-order valence-electron chi connectivity index (χ2n) is 4.38. The molecule has 0 spiro atoms. The van der Waals surface area contributed by atoms with Crippen molar-refractivity contribution in [3.63, 3.8) is 0 Å². The van der Waals surface area contributed by atoms with Crippen LogP contribution in [0.4, 0.5) is 11.4 Å². The van der Waals surface area contributed by atoms with Crippen LogP contribution < -0.4 is 14.6 Å². The van der Waals surface area contributed by atoms with Gasteiger partial charge in [0.15, 0.2) is 0 Å². The third-order valence-electron chi connectivity index (χ3n) is 2.71. The Hall–Kier alpha value is -2.65. The average Bonchev–Trinajstić information content (AvgIpc) is 2.45. The van der Waals surface area contributed by atoms with Crippen molar-refractivity contribution in [3.8, 4) is 5.75 Å². The topological polar surface area (TPSA) is 125 Å². The summed E-state index contributed by atoms with van der Waals surface area (Å²) in [6, 6.07) is 12.4. The van der Waals surface area contributed by atoms with Crippen LogP contribution >= 0.6 is 0 Å². The van der Waals surface area contributed by atoms with E-state index in [0.717, 1.165) is 11.3 Å². The first-order chi connectivity index (χ1) is 10.3. The zero-order valence-corrected chi connectivity index (χ0v) is 12.1. The van der Waals surface area contributed by atoms with Gasteiger partial charge >= 0.3 is 10.3 Å². The van der Waals surface area contributed by atoms with Crippen LogP contribution in [0.1, 0.15) is 5.56 Å². The van der Waals surface area contributed by atoms with Crippen molar-refractivity contribution < 1.29 is 17.5 Å². The quantitative estimate of drug-likeness (QED) is 0.617. The summed E-state index contributed by atoms with van der Waals surface area (Å²) in [5, 5.41) is 18.4. The molecule has 2 rings (SSSR count). The summed E-state index contributed by atoms with van der Waals surface area (Å²) in [6.45, 7) is 0.466. The van der Waals surface area contributed by atoms with Crippen LogP contribution in [-0.2, 0) is 16.8 Å². The van der Waals surface area contributed by atoms with E-state index in [9.17, 15) is 18.5 Å². The summed E-state index contributed by atoms with van der Waals surface area (Å²) in [4.78, 5) is 10.1. The van der Waals surface area contributed by atoms with Crippen molar-refractivity contribution in [1.29, 1.82) is 0 Å². The first-order valence-corrected chi connectivity index (χ1v) is 7.60. The molecule has 2 aromatic carbocycles. The van der Waals surface area contributed by atoms with E-state index in [4.69, 9.17) is 5.14 Å². The molecular formula is C13H13N3O5S. The standard InChI is InChI=1S/C13H13N3O5S/c14-22(19,20)21-13-7-1-10(2-8-13)9-15-11-3-5-12(6-4-11)16(17)18/h1-8,15H,9H2,(H2,14,19,20). The minimum atomic E-state index is -4.03. The number of non-ortho nitro benzene ring substituents is 1. The Balaban J connectivity index is 1.95. The van der Waals surface area contributed by atoms with Crippen LogP contribution in [0, 0.1) is 10.1 Å². The molecule has 0 fully saturated rings. The number of hydrogen-bond donors (Lipinski definition) is 2. The van der Waals surface area contributed by atoms with E-state index in [1.54, 1.807) is 24.3 Å². The fourth-order valence-corrected chi connectivity index (χ4v) is 2.08. The Morgan fingerprint density at radius 1 is 1.09 bits per heavy atom. The molecule has 0 aliphatic carbocycles. The number of nitrogens with one attached hydrogen (secondary N) is 1. The highest BCUT2D eigenvalue weighted by molar-refractivity contribution is 7.84. The lowest BCUT2D eigenvalue weighted by molar-refractivity contribution is -0.384. The first kappa shape index (κ1) is 15.7. The number of nitro groups is 1. The molecule has 8 nitrogen and oxygen atoms in total. The Labute approximate surface area is 126 Å². The second-order valence-corrected chi connectivity index (χ2v) is 5.53. The van der Waals surface area contributed by atoms with Gasteiger partial charge in [-0.15, -0.1) is 0 Å². The summed E-state index contributed by atoms with van der Waals surface area (Å²) in [5.41, 5.74) is 1.63. The van der Waals surface area contributed by atoms with Gasteiger partial charge in [-0.3, -0.25) is 10.1 Å². The van der Waals surface area contributed by atoms with Gasteiger partial charge in [0.1, 0.15) is 5.75 Å². The molecule has 9 heteroatoms. The van der Waals surface area contributed by atoms with Gasteiger partial charge in [0.05, 0.1) is 4.92 Å². The van der Waals surface area contributed by atoms with E-state index in [0.29, 0.717) is 6.54 Å². The fraction of sp³-hybridized carbons (Fsp3) is 0.0769. The van der Waals surface area contributed by atoms with E-state index in [1.807, 2.05) is 0 Å². The van der Waals surface area contributed by atoms with Gasteiger partial charge in [0, 0.05) is 24.4 Å². The molecule has 0 saturated heterocycles. The predicted molar refractivity (Wildman–Crippen MR) is 80.6 cm³/mol. The normalized spacial score (nSPS) is 11.0. The molecule has 0 aliphatic rings. The van der Waals surface area contributed by atoms with Crippen LogP contribution in [0.15, 0.2) is 48.5 Å². The number of rotatable bonds is 6. The molecule has 0 heterocycles. The van der Waals surface area contributed by atoms with Crippen molar-refractivity contribution in [2.24, 2.45) is 5.14 Å². The predicted octanol–water partition coefficient (Wildman–Crippen LogP) is 1.79. The van der Waals surface area contributed by atoms with E-state index in [-0.39, 0.29) is 11.4 Å². The molecule has 2 aromatic rings. The molecule has 0 aliphatic heterocycles. The molecule has 0 saturated carbocycles. The highest BCUT2D eigenvalue weighted by Gasteiger charge is 2.05. The lowest BCUT2D eigenvalue weighted by Crippen LogP contribution is -2.18. The minimum Gasteiger partial charge on any atom is -0.381 e. The van der Waals surface area contributed by atoms with Crippen LogP contribution in [0.25, 0.3) is 0 Å². The minimum absolute atomic E-state index is 0.0232. The van der Waals surface area contributed by atoms with Crippen LogP contribution in [0.3, 0.4) is 0 Å². The molecule has 22 heavy (non-hydrogen) atoms. The molecule has 3 N–H and O–H groups in total. The van der Waals surface area contributed by atoms with Crippen LogP contribution in [0.2, 0.25) is 0 Å². The first-order valence-electron chi connectivity index (χ1n) is 6.13. The molecule has 0 amide bonds. The van der Waals surface area contributed by atoms with Gasteiger partial charge in [-0.25, -0.2) is 0 Å². The largest absolute Gasteiger partial charge is 0.381 e. The SMILES string of the molecule is NS(=O)(=O)Oc1ccc(CNc2ccc([N+](=O)[O-])cc2)cc1. The smallest absolute Gasteiger partial charge is 0.380 e. The molecule has 116 valence electrons. The highest BCUT2D eigenvalue weighted by atomic mass is 32.2. The zero-order valence-electron chi connectivity index (χ0n) is 11.3. The summed E-state index contributed by atoms with van der Waals surface area (Å²) in [5.74, 6) is 0.126. The zero-order chi connectivity index (χ0) is 16.2. The van der Waals surface area contributed by atoms with E-state index < -0.39 is 15.2 Å². The van der Waals surface area contributed by atoms with Gasteiger partial charge in [-0.1, -0.05) is 12.1 Å². The Bertz CT molecular complexity index is 757. The maximum absolute atomic E-state index is 10.8. The summed E-state index contributed by atoms with van der Waals surface area (Å²) < 4.78 is 26.1. The highest BCUT2D eigenvalue weighted by Crippen LogP contribution is 2.17. The van der Waals surface area contributed by atoms with Gasteiger partial charge in [0.2, 0.25) is 0 Å². The average molecular weight is 323 g/mol. The van der Waals surface area contributed by atoms with E-state index >= 15 is 0 Å². The number of anilines is 1. The molecule has 0 radical (unpaired) electrons. The van der Waals surface area contributed by atoms with Gasteiger partial charge in [-0.2, -0.15) is 13.6 Å². The number of nitrogens with zero attached hydrogens (tertiary/aromatic N) is 1. The maximum Gasteiger partial charge on any atom is 0.380 e. The van der Waals surface area contributed by atoms with Gasteiger partial charge < -0.3 is 9.50 Å². The monoisotopic (exact) mass is 323 g/mol. The van der Waals surface area contributed by atoms with Crippen molar-refractivity contribution in [2.45, 2.75) is 6.54 Å². The van der Waals surface area contributed by atoms with Crippen molar-refractivity contribution in [1.82, 2.24) is 0 Å². The third kappa shape index (κ3) is 4.72. The third-order valence-corrected chi connectivity index (χ3v) is 3.14. The van der Waals surface area contributed by atoms with Crippen molar-refractivity contribution >= 4 is 21.7 Å². The van der Waals surface area contributed by atoms with Gasteiger partial charge in [0.25, 0.3) is 5.69 Å². The van der Waals surface area contributed by atoms with Crippen LogP contribution in [-0.4, -0.2) is 13.3 Å². The second kappa shape index (κ2) is 6.41. The summed E-state index contributed by atoms with van der Waals surface area (Å²) in [7, 11) is -4.03. The number of nitro benzene ring substituents is 1.